The van der Waals surface area contributed by atoms with Crippen LogP contribution in [0.2, 0.25) is 0 Å². The van der Waals surface area contributed by atoms with Crippen molar-refractivity contribution in [2.45, 2.75) is 25.2 Å². The molecular formula is C20H19F4N3O2. The summed E-state index contributed by atoms with van der Waals surface area (Å²) in [7, 11) is 0. The maximum atomic E-state index is 13.7. The van der Waals surface area contributed by atoms with Crippen LogP contribution in [0.5, 0.6) is 0 Å². The first-order chi connectivity index (χ1) is 13.8. The van der Waals surface area contributed by atoms with Gasteiger partial charge in [-0.1, -0.05) is 0 Å². The summed E-state index contributed by atoms with van der Waals surface area (Å²) in [6.45, 7) is 1.94. The van der Waals surface area contributed by atoms with Crippen molar-refractivity contribution in [3.05, 3.63) is 64.2 Å². The van der Waals surface area contributed by atoms with Crippen LogP contribution >= 0.6 is 0 Å². The number of ether oxygens (including phenoxy) is 1. The average Bonchev–Trinajstić information content (AvgIpc) is 2.67. The Morgan fingerprint density at radius 1 is 1.28 bits per heavy atom. The minimum Gasteiger partial charge on any atom is -0.369 e. The minimum atomic E-state index is -4.60. The van der Waals surface area contributed by atoms with E-state index in [-0.39, 0.29) is 18.0 Å². The number of nitrogens with zero attached hydrogens (tertiary/aromatic N) is 2. The van der Waals surface area contributed by atoms with Gasteiger partial charge in [-0.3, -0.25) is 14.7 Å². The molecular weight excluding hydrogens is 390 g/mol. The number of hydrogen-bond donors (Lipinski definition) is 1. The first-order valence-corrected chi connectivity index (χ1v) is 9.28. The lowest BCUT2D eigenvalue weighted by atomic mass is 9.96. The van der Waals surface area contributed by atoms with Gasteiger partial charge in [-0.25, -0.2) is 4.39 Å². The number of carbonyl (C=O) groups is 1. The molecule has 1 atom stereocenters. The number of aromatic nitrogens is 1. The van der Waals surface area contributed by atoms with Gasteiger partial charge in [0, 0.05) is 37.9 Å². The molecule has 3 heterocycles. The number of carbonyl (C=O) groups excluding carboxylic acids is 1. The van der Waals surface area contributed by atoms with Crippen molar-refractivity contribution >= 4 is 5.91 Å². The lowest BCUT2D eigenvalue weighted by molar-refractivity contribution is -0.137. The first-order valence-electron chi connectivity index (χ1n) is 9.28. The quantitative estimate of drug-likeness (QED) is 0.792. The molecule has 0 radical (unpaired) electrons. The van der Waals surface area contributed by atoms with E-state index in [0.29, 0.717) is 50.0 Å². The fourth-order valence-electron chi connectivity index (χ4n) is 3.83. The van der Waals surface area contributed by atoms with Gasteiger partial charge in [0.15, 0.2) is 0 Å². The van der Waals surface area contributed by atoms with E-state index in [2.05, 4.69) is 10.3 Å². The topological polar surface area (TPSA) is 54.5 Å². The third kappa shape index (κ3) is 4.25. The molecule has 1 fully saturated rings. The molecule has 29 heavy (non-hydrogen) atoms. The molecule has 4 rings (SSSR count). The summed E-state index contributed by atoms with van der Waals surface area (Å²) in [5.41, 5.74) is 1.34. The van der Waals surface area contributed by atoms with Crippen LogP contribution in [-0.2, 0) is 23.9 Å². The predicted octanol–water partition coefficient (Wildman–Crippen LogP) is 3.10. The Hall–Kier alpha value is -2.52. The molecule has 5 nitrogen and oxygen atoms in total. The molecule has 1 amide bonds. The van der Waals surface area contributed by atoms with Crippen molar-refractivity contribution in [3.8, 4) is 0 Å². The van der Waals surface area contributed by atoms with E-state index in [4.69, 9.17) is 4.74 Å². The third-order valence-corrected chi connectivity index (χ3v) is 5.14. The lowest BCUT2D eigenvalue weighted by Gasteiger charge is -2.34. The molecule has 0 aliphatic carbocycles. The van der Waals surface area contributed by atoms with Gasteiger partial charge in [-0.05, 0) is 41.8 Å². The summed E-state index contributed by atoms with van der Waals surface area (Å²) < 4.78 is 58.4. The number of fused-ring (bicyclic) bond motifs is 1. The van der Waals surface area contributed by atoms with Crippen LogP contribution in [0, 0.1) is 5.82 Å². The van der Waals surface area contributed by atoms with Gasteiger partial charge in [0.1, 0.15) is 11.9 Å². The number of nitrogens with one attached hydrogen (secondary N) is 1. The van der Waals surface area contributed by atoms with Gasteiger partial charge in [0.2, 0.25) is 0 Å². The summed E-state index contributed by atoms with van der Waals surface area (Å²) >= 11 is 0. The SMILES string of the molecule is O=C1NCCc2c1ccnc2C1CN(Cc2cc(F)cc(C(F)(F)F)c2)CCO1. The van der Waals surface area contributed by atoms with Crippen LogP contribution in [-0.4, -0.2) is 42.0 Å². The van der Waals surface area contributed by atoms with E-state index in [9.17, 15) is 22.4 Å². The molecule has 2 aromatic rings. The number of morpholine rings is 1. The van der Waals surface area contributed by atoms with E-state index in [1.807, 2.05) is 4.90 Å². The van der Waals surface area contributed by atoms with Crippen molar-refractivity contribution < 1.29 is 27.1 Å². The Kier molecular flexibility index (Phi) is 5.26. The molecule has 2 aliphatic heterocycles. The predicted molar refractivity (Wildman–Crippen MR) is 95.6 cm³/mol. The van der Waals surface area contributed by atoms with Crippen molar-refractivity contribution in [2.75, 3.05) is 26.2 Å². The second-order valence-corrected chi connectivity index (χ2v) is 7.17. The highest BCUT2D eigenvalue weighted by atomic mass is 19.4. The Bertz CT molecular complexity index is 932. The summed E-state index contributed by atoms with van der Waals surface area (Å²) in [5, 5.41) is 2.79. The maximum absolute atomic E-state index is 13.7. The summed E-state index contributed by atoms with van der Waals surface area (Å²) in [4.78, 5) is 18.4. The van der Waals surface area contributed by atoms with E-state index in [1.165, 1.54) is 0 Å². The maximum Gasteiger partial charge on any atom is 0.416 e. The van der Waals surface area contributed by atoms with Crippen LogP contribution in [0.1, 0.15) is 38.8 Å². The number of benzene rings is 1. The molecule has 1 unspecified atom stereocenters. The fraction of sp³-hybridized carbons (Fsp3) is 0.400. The molecule has 1 saturated heterocycles. The number of hydrogen-bond acceptors (Lipinski definition) is 4. The van der Waals surface area contributed by atoms with Crippen molar-refractivity contribution in [2.24, 2.45) is 0 Å². The molecule has 1 aromatic heterocycles. The molecule has 0 saturated carbocycles. The zero-order valence-corrected chi connectivity index (χ0v) is 15.4. The van der Waals surface area contributed by atoms with Crippen molar-refractivity contribution in [1.29, 1.82) is 0 Å². The number of alkyl halides is 3. The molecule has 2 aliphatic rings. The molecule has 154 valence electrons. The van der Waals surface area contributed by atoms with Crippen molar-refractivity contribution in [3.63, 3.8) is 0 Å². The highest BCUT2D eigenvalue weighted by Crippen LogP contribution is 2.32. The van der Waals surface area contributed by atoms with Gasteiger partial charge in [0.05, 0.1) is 17.9 Å². The third-order valence-electron chi connectivity index (χ3n) is 5.14. The highest BCUT2D eigenvalue weighted by molar-refractivity contribution is 5.96. The van der Waals surface area contributed by atoms with E-state index in [1.54, 1.807) is 12.3 Å². The summed E-state index contributed by atoms with van der Waals surface area (Å²) in [6, 6.07) is 4.25. The molecule has 0 bridgehead atoms. The number of amides is 1. The first kappa shape index (κ1) is 19.8. The number of halogens is 4. The standard InChI is InChI=1S/C20H19F4N3O2/c21-14-8-12(7-13(9-14)20(22,23)24)10-27-5-6-29-17(11-27)18-15-1-4-26-19(28)16(15)2-3-25-18/h2-3,7-9,17H,1,4-6,10-11H2,(H,26,28). The van der Waals surface area contributed by atoms with Gasteiger partial charge in [-0.2, -0.15) is 13.2 Å². The Morgan fingerprint density at radius 3 is 2.90 bits per heavy atom. The smallest absolute Gasteiger partial charge is 0.369 e. The van der Waals surface area contributed by atoms with Crippen molar-refractivity contribution in [1.82, 2.24) is 15.2 Å². The van der Waals surface area contributed by atoms with Gasteiger partial charge in [-0.15, -0.1) is 0 Å². The fourth-order valence-corrected chi connectivity index (χ4v) is 3.83. The van der Waals surface area contributed by atoms with E-state index < -0.39 is 23.7 Å². The normalized spacial score (nSPS) is 20.3. The monoisotopic (exact) mass is 409 g/mol. The summed E-state index contributed by atoms with van der Waals surface area (Å²) in [5.74, 6) is -1.06. The number of rotatable bonds is 3. The van der Waals surface area contributed by atoms with Crippen LogP contribution < -0.4 is 5.32 Å². The zero-order chi connectivity index (χ0) is 20.6. The second-order valence-electron chi connectivity index (χ2n) is 7.17. The average molecular weight is 409 g/mol. The van der Waals surface area contributed by atoms with Gasteiger partial charge in [0.25, 0.3) is 5.91 Å². The van der Waals surface area contributed by atoms with Gasteiger partial charge < -0.3 is 10.1 Å². The Morgan fingerprint density at radius 2 is 2.10 bits per heavy atom. The van der Waals surface area contributed by atoms with Crippen LogP contribution in [0.25, 0.3) is 0 Å². The molecule has 9 heteroatoms. The molecule has 1 aromatic carbocycles. The van der Waals surface area contributed by atoms with Crippen LogP contribution in [0.3, 0.4) is 0 Å². The Labute approximate surface area is 164 Å². The largest absolute Gasteiger partial charge is 0.416 e. The Balaban J connectivity index is 1.54. The van der Waals surface area contributed by atoms with Crippen LogP contribution in [0.4, 0.5) is 17.6 Å². The molecule has 0 spiro atoms. The van der Waals surface area contributed by atoms with Crippen LogP contribution in [0.15, 0.2) is 30.5 Å². The lowest BCUT2D eigenvalue weighted by Crippen LogP contribution is -2.39. The second kappa shape index (κ2) is 7.72. The number of pyridine rings is 1. The highest BCUT2D eigenvalue weighted by Gasteiger charge is 2.32. The van der Waals surface area contributed by atoms with E-state index in [0.717, 1.165) is 17.7 Å². The van der Waals surface area contributed by atoms with Gasteiger partial charge >= 0.3 is 6.18 Å². The van der Waals surface area contributed by atoms with E-state index >= 15 is 0 Å². The minimum absolute atomic E-state index is 0.151. The zero-order valence-electron chi connectivity index (χ0n) is 15.4. The summed E-state index contributed by atoms with van der Waals surface area (Å²) in [6.07, 6.45) is -2.80. The molecule has 1 N–H and O–H groups in total.